The molecule has 1 aliphatic rings. The summed E-state index contributed by atoms with van der Waals surface area (Å²) in [5.41, 5.74) is 3.97. The van der Waals surface area contributed by atoms with E-state index >= 15 is 0 Å². The van der Waals surface area contributed by atoms with Gasteiger partial charge in [0.15, 0.2) is 6.61 Å². The van der Waals surface area contributed by atoms with Crippen molar-refractivity contribution in [1.82, 2.24) is 4.98 Å². The molecule has 0 unspecified atom stereocenters. The Morgan fingerprint density at radius 3 is 2.72 bits per heavy atom. The van der Waals surface area contributed by atoms with Crippen LogP contribution in [0, 0.1) is 13.8 Å². The maximum Gasteiger partial charge on any atom is 0.265 e. The fourth-order valence-electron chi connectivity index (χ4n) is 3.30. The topological polar surface area (TPSA) is 51.7 Å². The first-order valence-corrected chi connectivity index (χ1v) is 10.7. The summed E-state index contributed by atoms with van der Waals surface area (Å²) in [6.45, 7) is 5.41. The second-order valence-electron chi connectivity index (χ2n) is 7.14. The molecule has 0 radical (unpaired) electrons. The average molecular weight is 409 g/mol. The minimum Gasteiger partial charge on any atom is -0.494 e. The molecule has 150 valence electrons. The summed E-state index contributed by atoms with van der Waals surface area (Å²) in [5.74, 6) is 1.62. The number of hydrogen-bond donors (Lipinski definition) is 0. The van der Waals surface area contributed by atoms with Gasteiger partial charge in [0.05, 0.1) is 23.0 Å². The van der Waals surface area contributed by atoms with E-state index in [0.717, 1.165) is 46.3 Å². The van der Waals surface area contributed by atoms with Crippen LogP contribution in [0.5, 0.6) is 11.5 Å². The molecule has 3 aromatic rings. The van der Waals surface area contributed by atoms with Crippen molar-refractivity contribution in [1.29, 1.82) is 0 Å². The number of benzene rings is 2. The van der Waals surface area contributed by atoms with Gasteiger partial charge in [0.2, 0.25) is 0 Å². The lowest BCUT2D eigenvalue weighted by molar-refractivity contribution is -0.121. The third-order valence-corrected chi connectivity index (χ3v) is 5.66. The van der Waals surface area contributed by atoms with E-state index in [1.165, 1.54) is 5.56 Å². The predicted molar refractivity (Wildman–Crippen MR) is 116 cm³/mol. The lowest BCUT2D eigenvalue weighted by Crippen LogP contribution is -2.39. The molecule has 5 nitrogen and oxygen atoms in total. The summed E-state index contributed by atoms with van der Waals surface area (Å²) < 4.78 is 11.4. The molecule has 0 bridgehead atoms. The minimum absolute atomic E-state index is 0.0106. The number of rotatable bonds is 7. The number of thiazole rings is 1. The van der Waals surface area contributed by atoms with Gasteiger partial charge < -0.3 is 14.4 Å². The number of carbonyl (C=O) groups excluding carboxylic acids is 1. The number of fused-ring (bicyclic) bond motifs is 1. The molecule has 1 amide bonds. The summed E-state index contributed by atoms with van der Waals surface area (Å²) in [7, 11) is 0. The van der Waals surface area contributed by atoms with Gasteiger partial charge in [-0.25, -0.2) is 4.98 Å². The molecule has 0 spiro atoms. The van der Waals surface area contributed by atoms with E-state index in [1.54, 1.807) is 11.3 Å². The molecule has 2 heterocycles. The first-order chi connectivity index (χ1) is 14.1. The fraction of sp³-hybridized carbons (Fsp3) is 0.304. The van der Waals surface area contributed by atoms with Crippen LogP contribution in [0.15, 0.2) is 47.8 Å². The molecule has 0 saturated heterocycles. The van der Waals surface area contributed by atoms with E-state index in [1.807, 2.05) is 59.7 Å². The number of ether oxygens (including phenoxy) is 2. The SMILES string of the molecule is Cc1ccc(OCCCCN2C(=O)COc3ccc(-c4csc(C)n4)cc32)cc1. The fourth-order valence-corrected chi connectivity index (χ4v) is 3.92. The normalized spacial score (nSPS) is 13.2. The molecule has 0 N–H and O–H groups in total. The zero-order chi connectivity index (χ0) is 20.2. The van der Waals surface area contributed by atoms with Gasteiger partial charge in [0.1, 0.15) is 11.5 Å². The van der Waals surface area contributed by atoms with Crippen molar-refractivity contribution in [3.63, 3.8) is 0 Å². The quantitative estimate of drug-likeness (QED) is 0.516. The van der Waals surface area contributed by atoms with Crippen molar-refractivity contribution in [2.75, 3.05) is 24.7 Å². The molecule has 0 atom stereocenters. The maximum absolute atomic E-state index is 12.5. The Labute approximate surface area is 174 Å². The number of hydrogen-bond acceptors (Lipinski definition) is 5. The van der Waals surface area contributed by atoms with Crippen molar-refractivity contribution in [3.8, 4) is 22.8 Å². The van der Waals surface area contributed by atoms with Crippen molar-refractivity contribution >= 4 is 22.9 Å². The van der Waals surface area contributed by atoms with E-state index in [9.17, 15) is 4.79 Å². The van der Waals surface area contributed by atoms with E-state index < -0.39 is 0 Å². The number of aromatic nitrogens is 1. The van der Waals surface area contributed by atoms with Crippen molar-refractivity contribution in [2.24, 2.45) is 0 Å². The Kier molecular flexibility index (Phi) is 5.81. The van der Waals surface area contributed by atoms with Crippen LogP contribution in [0.4, 0.5) is 5.69 Å². The highest BCUT2D eigenvalue weighted by Gasteiger charge is 2.25. The molecular weight excluding hydrogens is 384 g/mol. The average Bonchev–Trinajstić information content (AvgIpc) is 3.16. The standard InChI is InChI=1S/C23H24N2O3S/c1-16-5-8-19(9-6-16)27-12-4-3-11-25-21-13-18(20-15-29-17(2)24-20)7-10-22(21)28-14-23(25)26/h5-10,13,15H,3-4,11-12,14H2,1-2H3. The second kappa shape index (κ2) is 8.66. The molecule has 0 aliphatic carbocycles. The van der Waals surface area contributed by atoms with Gasteiger partial charge in [-0.3, -0.25) is 4.79 Å². The highest BCUT2D eigenvalue weighted by Crippen LogP contribution is 2.36. The van der Waals surface area contributed by atoms with Crippen LogP contribution < -0.4 is 14.4 Å². The summed E-state index contributed by atoms with van der Waals surface area (Å²) >= 11 is 1.62. The Morgan fingerprint density at radius 1 is 1.14 bits per heavy atom. The van der Waals surface area contributed by atoms with Crippen molar-refractivity contribution < 1.29 is 14.3 Å². The number of amides is 1. The first-order valence-electron chi connectivity index (χ1n) is 9.79. The van der Waals surface area contributed by atoms with Crippen LogP contribution in [-0.2, 0) is 4.79 Å². The van der Waals surface area contributed by atoms with Crippen LogP contribution in [0.25, 0.3) is 11.3 Å². The highest BCUT2D eigenvalue weighted by molar-refractivity contribution is 7.09. The van der Waals surface area contributed by atoms with Crippen LogP contribution in [0.3, 0.4) is 0 Å². The number of nitrogens with zero attached hydrogens (tertiary/aromatic N) is 2. The Hall–Kier alpha value is -2.86. The van der Waals surface area contributed by atoms with E-state index in [4.69, 9.17) is 9.47 Å². The summed E-state index contributed by atoms with van der Waals surface area (Å²) in [6.07, 6.45) is 1.73. The summed E-state index contributed by atoms with van der Waals surface area (Å²) in [4.78, 5) is 18.9. The molecule has 0 fully saturated rings. The van der Waals surface area contributed by atoms with Gasteiger partial charge in [0.25, 0.3) is 5.91 Å². The number of carbonyl (C=O) groups is 1. The zero-order valence-electron chi connectivity index (χ0n) is 16.7. The first kappa shape index (κ1) is 19.5. The van der Waals surface area contributed by atoms with E-state index in [-0.39, 0.29) is 12.5 Å². The van der Waals surface area contributed by atoms with Gasteiger partial charge in [-0.1, -0.05) is 17.7 Å². The lowest BCUT2D eigenvalue weighted by atomic mass is 10.1. The monoisotopic (exact) mass is 408 g/mol. The third-order valence-electron chi connectivity index (χ3n) is 4.88. The smallest absolute Gasteiger partial charge is 0.265 e. The van der Waals surface area contributed by atoms with E-state index in [2.05, 4.69) is 11.9 Å². The molecule has 1 aliphatic heterocycles. The second-order valence-corrected chi connectivity index (χ2v) is 8.20. The molecule has 4 rings (SSSR count). The van der Waals surface area contributed by atoms with Crippen LogP contribution >= 0.6 is 11.3 Å². The summed E-state index contributed by atoms with van der Waals surface area (Å²) in [5, 5.41) is 3.06. The Bertz CT molecular complexity index is 998. The van der Waals surface area contributed by atoms with Gasteiger partial charge >= 0.3 is 0 Å². The number of unbranched alkanes of at least 4 members (excludes halogenated alkanes) is 1. The largest absolute Gasteiger partial charge is 0.494 e. The zero-order valence-corrected chi connectivity index (χ0v) is 17.5. The van der Waals surface area contributed by atoms with Crippen LogP contribution in [0.1, 0.15) is 23.4 Å². The van der Waals surface area contributed by atoms with Gasteiger partial charge in [0, 0.05) is 17.5 Å². The van der Waals surface area contributed by atoms with E-state index in [0.29, 0.717) is 13.2 Å². The van der Waals surface area contributed by atoms with Gasteiger partial charge in [-0.2, -0.15) is 0 Å². The molecule has 2 aromatic carbocycles. The molecule has 0 saturated carbocycles. The Balaban J connectivity index is 1.38. The van der Waals surface area contributed by atoms with Crippen molar-refractivity contribution in [2.45, 2.75) is 26.7 Å². The van der Waals surface area contributed by atoms with Gasteiger partial charge in [-0.05, 0) is 57.0 Å². The predicted octanol–water partition coefficient (Wildman–Crippen LogP) is 5.01. The molecular formula is C23H24N2O3S. The van der Waals surface area contributed by atoms with Crippen molar-refractivity contribution in [3.05, 3.63) is 58.4 Å². The van der Waals surface area contributed by atoms with Crippen LogP contribution in [-0.4, -0.2) is 30.6 Å². The number of aryl methyl sites for hydroxylation is 2. The third kappa shape index (κ3) is 4.59. The minimum atomic E-state index is -0.0106. The van der Waals surface area contributed by atoms with Crippen LogP contribution in [0.2, 0.25) is 0 Å². The Morgan fingerprint density at radius 2 is 1.97 bits per heavy atom. The maximum atomic E-state index is 12.5. The molecule has 6 heteroatoms. The molecule has 29 heavy (non-hydrogen) atoms. The highest BCUT2D eigenvalue weighted by atomic mass is 32.1. The number of anilines is 1. The molecule has 1 aromatic heterocycles. The summed E-state index contributed by atoms with van der Waals surface area (Å²) in [6, 6.07) is 14.0. The lowest BCUT2D eigenvalue weighted by Gasteiger charge is -2.29. The van der Waals surface area contributed by atoms with Gasteiger partial charge in [-0.15, -0.1) is 11.3 Å².